The van der Waals surface area contributed by atoms with Gasteiger partial charge in [-0.3, -0.25) is 4.79 Å². The van der Waals surface area contributed by atoms with Crippen molar-refractivity contribution in [2.75, 3.05) is 5.32 Å². The predicted octanol–water partition coefficient (Wildman–Crippen LogP) is 5.72. The summed E-state index contributed by atoms with van der Waals surface area (Å²) in [4.78, 5) is 26.8. The van der Waals surface area contributed by atoms with E-state index in [0.717, 1.165) is 31.2 Å². The molecule has 1 saturated carbocycles. The fourth-order valence-electron chi connectivity index (χ4n) is 3.96. The molecule has 2 atom stereocenters. The predicted molar refractivity (Wildman–Crippen MR) is 111 cm³/mol. The first-order valence-electron chi connectivity index (χ1n) is 9.32. The summed E-state index contributed by atoms with van der Waals surface area (Å²) >= 11 is 13.1. The Morgan fingerprint density at radius 2 is 1.93 bits per heavy atom. The number of allylic oxidation sites excluding steroid dienone is 1. The number of carbonyl (C=O) groups excluding carboxylic acids is 2. The van der Waals surface area contributed by atoms with Gasteiger partial charge in [0.2, 0.25) is 5.91 Å². The molecule has 0 bridgehead atoms. The minimum atomic E-state index is -0.352. The van der Waals surface area contributed by atoms with E-state index in [1.54, 1.807) is 6.08 Å². The van der Waals surface area contributed by atoms with Crippen LogP contribution >= 0.6 is 34.5 Å². The standard InChI is InChI=1S/C20H25Cl2NO3S/c1-10(2)26-19(25)15-11-7-5-6-8-13(11)27-18(15)23-17(24)16-12(9-14(21)22)20(16,3)4/h9-10,12,16H,5-8H2,1-4H3,(H,23,24). The van der Waals surface area contributed by atoms with Crippen LogP contribution in [-0.4, -0.2) is 18.0 Å². The van der Waals surface area contributed by atoms with E-state index < -0.39 is 0 Å². The molecule has 1 fully saturated rings. The maximum Gasteiger partial charge on any atom is 0.341 e. The Hall–Kier alpha value is -1.04. The Kier molecular flexibility index (Phi) is 5.95. The van der Waals surface area contributed by atoms with Crippen LogP contribution in [0.4, 0.5) is 5.00 Å². The number of carbonyl (C=O) groups is 2. The van der Waals surface area contributed by atoms with Gasteiger partial charge in [-0.25, -0.2) is 4.79 Å². The zero-order valence-electron chi connectivity index (χ0n) is 16.0. The molecule has 0 radical (unpaired) electrons. The highest BCUT2D eigenvalue weighted by Gasteiger charge is 2.60. The summed E-state index contributed by atoms with van der Waals surface area (Å²) in [5, 5.41) is 3.62. The fourth-order valence-corrected chi connectivity index (χ4v) is 5.51. The molecule has 7 heteroatoms. The van der Waals surface area contributed by atoms with Crippen molar-refractivity contribution >= 4 is 51.4 Å². The second kappa shape index (κ2) is 7.76. The second-order valence-corrected chi connectivity index (χ2v) is 10.3. The summed E-state index contributed by atoms with van der Waals surface area (Å²) in [6.07, 6.45) is 5.47. The van der Waals surface area contributed by atoms with Crippen LogP contribution in [-0.2, 0) is 22.4 Å². The summed E-state index contributed by atoms with van der Waals surface area (Å²) in [5.41, 5.74) is 1.37. The van der Waals surface area contributed by atoms with Gasteiger partial charge in [-0.1, -0.05) is 37.0 Å². The number of hydrogen-bond acceptors (Lipinski definition) is 4. The average molecular weight is 430 g/mol. The molecule has 4 nitrogen and oxygen atoms in total. The molecule has 0 aromatic carbocycles. The van der Waals surface area contributed by atoms with Crippen molar-refractivity contribution in [1.82, 2.24) is 0 Å². The van der Waals surface area contributed by atoms with E-state index in [-0.39, 0.29) is 39.7 Å². The minimum absolute atomic E-state index is 0.0110. The number of anilines is 1. The number of nitrogens with one attached hydrogen (secondary N) is 1. The molecule has 2 aliphatic carbocycles. The van der Waals surface area contributed by atoms with Crippen LogP contribution < -0.4 is 5.32 Å². The summed E-state index contributed by atoms with van der Waals surface area (Å²) in [5.74, 6) is -0.690. The number of aryl methyl sites for hydroxylation is 1. The van der Waals surface area contributed by atoms with Gasteiger partial charge in [-0.05, 0) is 62.5 Å². The summed E-state index contributed by atoms with van der Waals surface area (Å²) in [6, 6.07) is 0. The van der Waals surface area contributed by atoms with E-state index >= 15 is 0 Å². The highest BCUT2D eigenvalue weighted by Crippen LogP contribution is 2.60. The summed E-state index contributed by atoms with van der Waals surface area (Å²) < 4.78 is 5.62. The van der Waals surface area contributed by atoms with E-state index in [1.807, 2.05) is 27.7 Å². The fraction of sp³-hybridized carbons (Fsp3) is 0.600. The highest BCUT2D eigenvalue weighted by molar-refractivity contribution is 7.17. The lowest BCUT2D eigenvalue weighted by molar-refractivity contribution is -0.118. The van der Waals surface area contributed by atoms with Crippen LogP contribution in [0.1, 0.15) is 61.3 Å². The van der Waals surface area contributed by atoms with Crippen LogP contribution in [0.5, 0.6) is 0 Å². The molecule has 0 saturated heterocycles. The van der Waals surface area contributed by atoms with E-state index in [4.69, 9.17) is 27.9 Å². The number of esters is 1. The molecule has 0 aliphatic heterocycles. The van der Waals surface area contributed by atoms with E-state index in [9.17, 15) is 9.59 Å². The number of thiophene rings is 1. The van der Waals surface area contributed by atoms with Gasteiger partial charge in [0.25, 0.3) is 0 Å². The van der Waals surface area contributed by atoms with Crippen molar-refractivity contribution in [2.24, 2.45) is 17.3 Å². The van der Waals surface area contributed by atoms with Crippen molar-refractivity contribution in [3.05, 3.63) is 26.6 Å². The maximum atomic E-state index is 12.9. The van der Waals surface area contributed by atoms with Crippen molar-refractivity contribution in [3.63, 3.8) is 0 Å². The number of fused-ring (bicyclic) bond motifs is 1. The molecule has 1 N–H and O–H groups in total. The van der Waals surface area contributed by atoms with Crippen molar-refractivity contribution in [2.45, 2.75) is 59.5 Å². The monoisotopic (exact) mass is 429 g/mol. The smallest absolute Gasteiger partial charge is 0.341 e. The van der Waals surface area contributed by atoms with Gasteiger partial charge in [-0.15, -0.1) is 11.3 Å². The number of ether oxygens (including phenoxy) is 1. The molecular formula is C20H25Cl2NO3S. The van der Waals surface area contributed by atoms with Gasteiger partial charge in [0, 0.05) is 4.88 Å². The Balaban J connectivity index is 1.86. The molecule has 27 heavy (non-hydrogen) atoms. The third-order valence-electron chi connectivity index (χ3n) is 5.45. The van der Waals surface area contributed by atoms with Gasteiger partial charge in [0.15, 0.2) is 0 Å². The molecule has 2 aliphatic rings. The molecule has 3 rings (SSSR count). The van der Waals surface area contributed by atoms with E-state index in [2.05, 4.69) is 5.32 Å². The lowest BCUT2D eigenvalue weighted by atomic mass is 9.95. The molecule has 1 aromatic rings. The maximum absolute atomic E-state index is 12.9. The van der Waals surface area contributed by atoms with Crippen LogP contribution in [0.2, 0.25) is 0 Å². The average Bonchev–Trinajstić information content (AvgIpc) is 2.91. The van der Waals surface area contributed by atoms with Crippen molar-refractivity contribution in [1.29, 1.82) is 0 Å². The first-order valence-corrected chi connectivity index (χ1v) is 10.9. The third kappa shape index (κ3) is 4.20. The normalized spacial score (nSPS) is 22.8. The van der Waals surface area contributed by atoms with Gasteiger partial charge in [0.05, 0.1) is 17.6 Å². The zero-order chi connectivity index (χ0) is 19.9. The topological polar surface area (TPSA) is 55.4 Å². The Labute approximate surface area is 174 Å². The van der Waals surface area contributed by atoms with Gasteiger partial charge >= 0.3 is 5.97 Å². The first kappa shape index (κ1) is 20.7. The second-order valence-electron chi connectivity index (χ2n) is 8.14. The quantitative estimate of drug-likeness (QED) is 0.608. The molecule has 1 amide bonds. The Bertz CT molecular complexity index is 793. The summed E-state index contributed by atoms with van der Waals surface area (Å²) in [6.45, 7) is 7.69. The van der Waals surface area contributed by atoms with Gasteiger partial charge < -0.3 is 10.1 Å². The number of hydrogen-bond donors (Lipinski definition) is 1. The molecular weight excluding hydrogens is 405 g/mol. The number of halogens is 2. The van der Waals surface area contributed by atoms with E-state index in [0.29, 0.717) is 10.6 Å². The van der Waals surface area contributed by atoms with Gasteiger partial charge in [-0.2, -0.15) is 0 Å². The number of rotatable bonds is 5. The Morgan fingerprint density at radius 3 is 2.56 bits per heavy atom. The van der Waals surface area contributed by atoms with E-state index in [1.165, 1.54) is 16.2 Å². The molecule has 0 spiro atoms. The lowest BCUT2D eigenvalue weighted by Crippen LogP contribution is -2.20. The first-order chi connectivity index (χ1) is 12.6. The molecule has 1 aromatic heterocycles. The van der Waals surface area contributed by atoms with Crippen molar-refractivity contribution in [3.8, 4) is 0 Å². The summed E-state index contributed by atoms with van der Waals surface area (Å²) in [7, 11) is 0. The third-order valence-corrected chi connectivity index (χ3v) is 6.91. The highest BCUT2D eigenvalue weighted by atomic mass is 35.5. The van der Waals surface area contributed by atoms with Crippen LogP contribution in [0.15, 0.2) is 10.6 Å². The van der Waals surface area contributed by atoms with Crippen LogP contribution in [0.3, 0.4) is 0 Å². The SMILES string of the molecule is CC(C)OC(=O)c1c(NC(=O)C2C(C=C(Cl)Cl)C2(C)C)sc2c1CCCC2. The largest absolute Gasteiger partial charge is 0.459 e. The van der Waals surface area contributed by atoms with Gasteiger partial charge in [0.1, 0.15) is 9.49 Å². The molecule has 2 unspecified atom stereocenters. The molecule has 1 heterocycles. The van der Waals surface area contributed by atoms with Crippen molar-refractivity contribution < 1.29 is 14.3 Å². The van der Waals surface area contributed by atoms with Crippen LogP contribution in [0.25, 0.3) is 0 Å². The Morgan fingerprint density at radius 1 is 1.26 bits per heavy atom. The number of amides is 1. The minimum Gasteiger partial charge on any atom is -0.459 e. The van der Waals surface area contributed by atoms with Crippen LogP contribution in [0, 0.1) is 17.3 Å². The molecule has 148 valence electrons. The lowest BCUT2D eigenvalue weighted by Gasteiger charge is -2.14. The zero-order valence-corrected chi connectivity index (χ0v) is 18.4.